The van der Waals surface area contributed by atoms with E-state index in [4.69, 9.17) is 4.52 Å². The highest BCUT2D eigenvalue weighted by molar-refractivity contribution is 7.54. The maximum Gasteiger partial charge on any atom is 0.346 e. The molecule has 0 spiro atoms. The summed E-state index contributed by atoms with van der Waals surface area (Å²) in [6, 6.07) is 0. The molecule has 0 unspecified atom stereocenters. The predicted molar refractivity (Wildman–Crippen MR) is 149 cm³/mol. The molecule has 5 fully saturated rings. The third-order valence-electron chi connectivity index (χ3n) is 12.1. The number of rotatable bonds is 9. The molecule has 204 valence electrons. The molecule has 2 aliphatic heterocycles. The molecule has 5 heteroatoms. The summed E-state index contributed by atoms with van der Waals surface area (Å²) in [6.45, 7) is 16.4. The zero-order chi connectivity index (χ0) is 25.3. The molecular formula is C31H53N2O2P. The lowest BCUT2D eigenvalue weighted by molar-refractivity contribution is -0.0562. The van der Waals surface area contributed by atoms with E-state index in [1.807, 2.05) is 0 Å². The third kappa shape index (κ3) is 4.43. The van der Waals surface area contributed by atoms with Crippen molar-refractivity contribution in [2.45, 2.75) is 111 Å². The van der Waals surface area contributed by atoms with Crippen LogP contribution in [-0.4, -0.2) is 41.6 Å². The molecule has 0 radical (unpaired) electrons. The molecule has 8 atom stereocenters. The Morgan fingerprint density at radius 1 is 0.972 bits per heavy atom. The van der Waals surface area contributed by atoms with Crippen LogP contribution in [0.2, 0.25) is 0 Å². The molecular weight excluding hydrogens is 463 g/mol. The van der Waals surface area contributed by atoms with Gasteiger partial charge in [-0.05, 0) is 97.7 Å². The van der Waals surface area contributed by atoms with Gasteiger partial charge in [0.05, 0.1) is 6.10 Å². The maximum absolute atomic E-state index is 13.6. The Morgan fingerprint density at radius 2 is 1.69 bits per heavy atom. The SMILES string of the molecule is CC(C)CCC[C@H](C)[C@@H]1CC[C@@H]2[C@H]3CC=C4C[C@@H](OP(=O)(N5CC5)N5CC5)CC[C@]4(C)[C@@H]3CC[C@@]21C. The van der Waals surface area contributed by atoms with E-state index in [0.29, 0.717) is 10.8 Å². The van der Waals surface area contributed by atoms with Crippen LogP contribution in [0.4, 0.5) is 0 Å². The summed E-state index contributed by atoms with van der Waals surface area (Å²) in [6.07, 6.45) is 17.5. The molecule has 4 aliphatic carbocycles. The smallest absolute Gasteiger partial charge is 0.302 e. The minimum absolute atomic E-state index is 0.143. The van der Waals surface area contributed by atoms with Crippen molar-refractivity contribution in [1.29, 1.82) is 0 Å². The Hall–Kier alpha value is -0.150. The second-order valence-corrected chi connectivity index (χ2v) is 17.0. The lowest BCUT2D eigenvalue weighted by Crippen LogP contribution is -2.51. The molecule has 0 aromatic carbocycles. The summed E-state index contributed by atoms with van der Waals surface area (Å²) < 4.78 is 24.3. The highest BCUT2D eigenvalue weighted by atomic mass is 31.2. The molecule has 36 heavy (non-hydrogen) atoms. The molecule has 0 aromatic rings. The first kappa shape index (κ1) is 26.1. The highest BCUT2D eigenvalue weighted by Crippen LogP contribution is 2.68. The molecule has 2 heterocycles. The van der Waals surface area contributed by atoms with Crippen LogP contribution in [0.15, 0.2) is 11.6 Å². The van der Waals surface area contributed by atoms with Gasteiger partial charge in [-0.25, -0.2) is 9.34 Å². The normalized spacial score (nSPS) is 43.5. The van der Waals surface area contributed by atoms with Gasteiger partial charge in [-0.1, -0.05) is 65.5 Å². The molecule has 6 aliphatic rings. The molecule has 0 amide bonds. The van der Waals surface area contributed by atoms with E-state index in [1.54, 1.807) is 5.57 Å². The van der Waals surface area contributed by atoms with E-state index in [-0.39, 0.29) is 6.10 Å². The van der Waals surface area contributed by atoms with Crippen LogP contribution < -0.4 is 0 Å². The van der Waals surface area contributed by atoms with E-state index in [0.717, 1.165) is 74.5 Å². The molecule has 4 nitrogen and oxygen atoms in total. The van der Waals surface area contributed by atoms with Crippen LogP contribution in [0.25, 0.3) is 0 Å². The van der Waals surface area contributed by atoms with E-state index in [2.05, 4.69) is 50.0 Å². The largest absolute Gasteiger partial charge is 0.346 e. The van der Waals surface area contributed by atoms with Crippen molar-refractivity contribution in [2.24, 2.45) is 46.3 Å². The fourth-order valence-corrected chi connectivity index (χ4v) is 12.2. The fourth-order valence-electron chi connectivity index (χ4n) is 9.84. The first-order valence-electron chi connectivity index (χ1n) is 15.6. The number of hydrogen-bond donors (Lipinski definition) is 0. The van der Waals surface area contributed by atoms with Gasteiger partial charge in [-0.15, -0.1) is 0 Å². The number of hydrogen-bond acceptors (Lipinski definition) is 2. The van der Waals surface area contributed by atoms with Gasteiger partial charge >= 0.3 is 7.67 Å². The standard InChI is InChI=1S/C31H53N2O2P/c1-22(2)7-6-8-23(3)27-11-12-28-26-10-9-24-21-25(35-36(34,32-17-18-32)33-19-20-33)13-15-30(24,4)29(26)14-16-31(27,28)5/h9,22-23,25-29H,6-8,10-21H2,1-5H3/t23-,25-,26+,27-,28+,29+,30-,31+/m0/s1. The Balaban J connectivity index is 1.14. The minimum Gasteiger partial charge on any atom is -0.302 e. The van der Waals surface area contributed by atoms with Gasteiger partial charge in [0.2, 0.25) is 0 Å². The highest BCUT2D eigenvalue weighted by Gasteiger charge is 2.59. The van der Waals surface area contributed by atoms with Gasteiger partial charge < -0.3 is 4.52 Å². The molecule has 6 rings (SSSR count). The Morgan fingerprint density at radius 3 is 2.36 bits per heavy atom. The molecule has 0 aromatic heterocycles. The van der Waals surface area contributed by atoms with E-state index >= 15 is 0 Å². The van der Waals surface area contributed by atoms with Gasteiger partial charge in [0.1, 0.15) is 0 Å². The van der Waals surface area contributed by atoms with E-state index in [1.165, 1.54) is 57.8 Å². The van der Waals surface area contributed by atoms with Crippen molar-refractivity contribution in [3.63, 3.8) is 0 Å². The van der Waals surface area contributed by atoms with Crippen LogP contribution in [0.5, 0.6) is 0 Å². The van der Waals surface area contributed by atoms with Gasteiger partial charge in [-0.3, -0.25) is 4.57 Å². The monoisotopic (exact) mass is 516 g/mol. The average molecular weight is 517 g/mol. The average Bonchev–Trinajstić information content (AvgIpc) is 3.73. The first-order valence-corrected chi connectivity index (χ1v) is 17.2. The summed E-state index contributed by atoms with van der Waals surface area (Å²) in [5.41, 5.74) is 2.56. The van der Waals surface area contributed by atoms with Gasteiger partial charge in [0.25, 0.3) is 0 Å². The van der Waals surface area contributed by atoms with Crippen LogP contribution >= 0.6 is 7.67 Å². The van der Waals surface area contributed by atoms with Crippen molar-refractivity contribution in [3.05, 3.63) is 11.6 Å². The Bertz CT molecular complexity index is 894. The Kier molecular flexibility index (Phi) is 6.88. The Labute approximate surface area is 221 Å². The van der Waals surface area contributed by atoms with Gasteiger partial charge in [0, 0.05) is 26.2 Å². The lowest BCUT2D eigenvalue weighted by atomic mass is 9.47. The lowest BCUT2D eigenvalue weighted by Gasteiger charge is -2.58. The van der Waals surface area contributed by atoms with E-state index < -0.39 is 7.67 Å². The van der Waals surface area contributed by atoms with Crippen molar-refractivity contribution < 1.29 is 9.09 Å². The minimum atomic E-state index is -2.72. The summed E-state index contributed by atoms with van der Waals surface area (Å²) in [7, 11) is -2.72. The van der Waals surface area contributed by atoms with Crippen molar-refractivity contribution in [2.75, 3.05) is 26.2 Å². The first-order chi connectivity index (χ1) is 17.1. The molecule has 3 saturated carbocycles. The fraction of sp³-hybridized carbons (Fsp3) is 0.935. The number of allylic oxidation sites excluding steroid dienone is 1. The summed E-state index contributed by atoms with van der Waals surface area (Å²) in [5, 5.41) is 0. The maximum atomic E-state index is 13.6. The second-order valence-electron chi connectivity index (χ2n) is 14.7. The van der Waals surface area contributed by atoms with Crippen LogP contribution in [0.3, 0.4) is 0 Å². The van der Waals surface area contributed by atoms with Crippen molar-refractivity contribution in [1.82, 2.24) is 9.34 Å². The number of nitrogens with zero attached hydrogens (tertiary/aromatic N) is 2. The van der Waals surface area contributed by atoms with Crippen molar-refractivity contribution in [3.8, 4) is 0 Å². The van der Waals surface area contributed by atoms with Gasteiger partial charge in [-0.2, -0.15) is 0 Å². The molecule has 2 saturated heterocycles. The summed E-state index contributed by atoms with van der Waals surface area (Å²) >= 11 is 0. The zero-order valence-electron chi connectivity index (χ0n) is 23.9. The van der Waals surface area contributed by atoms with Crippen LogP contribution in [-0.2, 0) is 9.09 Å². The summed E-state index contributed by atoms with van der Waals surface area (Å²) in [5.74, 6) is 5.30. The van der Waals surface area contributed by atoms with Crippen molar-refractivity contribution >= 4 is 7.67 Å². The predicted octanol–water partition coefficient (Wildman–Crippen LogP) is 8.15. The topological polar surface area (TPSA) is 32.3 Å². The molecule has 0 N–H and O–H groups in total. The zero-order valence-corrected chi connectivity index (χ0v) is 24.8. The second kappa shape index (κ2) is 9.50. The third-order valence-corrected chi connectivity index (χ3v) is 14.9. The number of fused-ring (bicyclic) bond motifs is 5. The molecule has 0 bridgehead atoms. The van der Waals surface area contributed by atoms with Gasteiger partial charge in [0.15, 0.2) is 0 Å². The van der Waals surface area contributed by atoms with E-state index in [9.17, 15) is 4.57 Å². The summed E-state index contributed by atoms with van der Waals surface area (Å²) in [4.78, 5) is 0. The van der Waals surface area contributed by atoms with Crippen LogP contribution in [0.1, 0.15) is 105 Å². The van der Waals surface area contributed by atoms with Crippen LogP contribution in [0, 0.1) is 46.3 Å². The quantitative estimate of drug-likeness (QED) is 0.176.